The first kappa shape index (κ1) is 17.3. The van der Waals surface area contributed by atoms with Crippen molar-refractivity contribution in [1.82, 2.24) is 10.2 Å². The number of carbonyl (C=O) groups is 2. The minimum atomic E-state index is -0.813. The molecule has 1 saturated heterocycles. The molecule has 0 atom stereocenters. The van der Waals surface area contributed by atoms with E-state index in [2.05, 4.69) is 10.6 Å². The van der Waals surface area contributed by atoms with Crippen molar-refractivity contribution < 1.29 is 18.4 Å². The Bertz CT molecular complexity index is 759. The van der Waals surface area contributed by atoms with Crippen molar-refractivity contribution in [3.8, 4) is 0 Å². The standard InChI is InChI=1S/C17H17F2N3O2S/c18-11-3-4-14(13(19)10-11)21-17(24)22-7-5-12(6-8-22)20-16(23)15-2-1-9-25-15/h1-4,9-10,12H,5-8H2,(H,20,23)(H,21,24). The van der Waals surface area contributed by atoms with E-state index in [1.165, 1.54) is 17.4 Å². The Labute approximate surface area is 147 Å². The van der Waals surface area contributed by atoms with E-state index in [1.807, 2.05) is 11.4 Å². The van der Waals surface area contributed by atoms with Gasteiger partial charge in [-0.2, -0.15) is 0 Å². The van der Waals surface area contributed by atoms with Gasteiger partial charge in [0.15, 0.2) is 0 Å². The second kappa shape index (κ2) is 7.60. The third-order valence-corrected chi connectivity index (χ3v) is 4.90. The number of benzene rings is 1. The fourth-order valence-corrected chi connectivity index (χ4v) is 3.30. The molecular weight excluding hydrogens is 348 g/mol. The normalized spacial score (nSPS) is 15.0. The largest absolute Gasteiger partial charge is 0.348 e. The molecule has 0 bridgehead atoms. The number of hydrogen-bond acceptors (Lipinski definition) is 3. The van der Waals surface area contributed by atoms with Crippen LogP contribution in [0.5, 0.6) is 0 Å². The van der Waals surface area contributed by atoms with Gasteiger partial charge in [0, 0.05) is 25.2 Å². The van der Waals surface area contributed by atoms with Crippen LogP contribution in [0.4, 0.5) is 19.3 Å². The van der Waals surface area contributed by atoms with Gasteiger partial charge in [0.05, 0.1) is 10.6 Å². The fraction of sp³-hybridized carbons (Fsp3) is 0.294. The summed E-state index contributed by atoms with van der Waals surface area (Å²) in [7, 11) is 0. The molecule has 5 nitrogen and oxygen atoms in total. The lowest BCUT2D eigenvalue weighted by Crippen LogP contribution is -2.47. The number of amides is 3. The summed E-state index contributed by atoms with van der Waals surface area (Å²) in [6.07, 6.45) is 1.24. The van der Waals surface area contributed by atoms with Crippen LogP contribution in [0.2, 0.25) is 0 Å². The summed E-state index contributed by atoms with van der Waals surface area (Å²) >= 11 is 1.38. The molecule has 2 heterocycles. The molecular formula is C17H17F2N3O2S. The number of hydrogen-bond donors (Lipinski definition) is 2. The van der Waals surface area contributed by atoms with Gasteiger partial charge in [-0.3, -0.25) is 4.79 Å². The Morgan fingerprint density at radius 3 is 2.56 bits per heavy atom. The Kier molecular flexibility index (Phi) is 5.28. The summed E-state index contributed by atoms with van der Waals surface area (Å²) in [5, 5.41) is 7.25. The zero-order chi connectivity index (χ0) is 17.8. The van der Waals surface area contributed by atoms with E-state index in [1.54, 1.807) is 11.0 Å². The highest BCUT2D eigenvalue weighted by Gasteiger charge is 2.24. The predicted octanol–water partition coefficient (Wildman–Crippen LogP) is 3.45. The number of nitrogens with zero attached hydrogens (tertiary/aromatic N) is 1. The van der Waals surface area contributed by atoms with Crippen molar-refractivity contribution in [3.05, 3.63) is 52.2 Å². The highest BCUT2D eigenvalue weighted by molar-refractivity contribution is 7.12. The van der Waals surface area contributed by atoms with Crippen LogP contribution in [0.25, 0.3) is 0 Å². The van der Waals surface area contributed by atoms with Gasteiger partial charge in [-0.1, -0.05) is 6.07 Å². The van der Waals surface area contributed by atoms with Crippen LogP contribution in [0.3, 0.4) is 0 Å². The minimum absolute atomic E-state index is 0.00112. The van der Waals surface area contributed by atoms with Gasteiger partial charge in [-0.15, -0.1) is 11.3 Å². The SMILES string of the molecule is O=C(NC1CCN(C(=O)Nc2ccc(F)cc2F)CC1)c1cccs1. The van der Waals surface area contributed by atoms with Gasteiger partial charge in [0.1, 0.15) is 11.6 Å². The first-order valence-electron chi connectivity index (χ1n) is 7.88. The topological polar surface area (TPSA) is 61.4 Å². The molecule has 25 heavy (non-hydrogen) atoms. The van der Waals surface area contributed by atoms with Gasteiger partial charge in [-0.05, 0) is 36.4 Å². The quantitative estimate of drug-likeness (QED) is 0.875. The van der Waals surface area contributed by atoms with Crippen LogP contribution >= 0.6 is 11.3 Å². The van der Waals surface area contributed by atoms with Gasteiger partial charge in [0.25, 0.3) is 5.91 Å². The number of thiophene rings is 1. The lowest BCUT2D eigenvalue weighted by molar-refractivity contribution is 0.0923. The van der Waals surface area contributed by atoms with Crippen molar-refractivity contribution in [2.45, 2.75) is 18.9 Å². The van der Waals surface area contributed by atoms with Crippen LogP contribution < -0.4 is 10.6 Å². The van der Waals surface area contributed by atoms with Gasteiger partial charge in [0.2, 0.25) is 0 Å². The highest BCUT2D eigenvalue weighted by atomic mass is 32.1. The number of piperidine rings is 1. The molecule has 8 heteroatoms. The molecule has 2 N–H and O–H groups in total. The number of anilines is 1. The van der Waals surface area contributed by atoms with E-state index in [0.717, 1.165) is 12.1 Å². The summed E-state index contributed by atoms with van der Waals surface area (Å²) in [4.78, 5) is 26.4. The Morgan fingerprint density at radius 2 is 1.92 bits per heavy atom. The highest BCUT2D eigenvalue weighted by Crippen LogP contribution is 2.18. The monoisotopic (exact) mass is 365 g/mol. The molecule has 0 spiro atoms. The third-order valence-electron chi connectivity index (χ3n) is 4.04. The second-order valence-corrected chi connectivity index (χ2v) is 6.71. The lowest BCUT2D eigenvalue weighted by Gasteiger charge is -2.32. The van der Waals surface area contributed by atoms with Crippen LogP contribution in [-0.4, -0.2) is 36.0 Å². The summed E-state index contributed by atoms with van der Waals surface area (Å²) in [6, 6.07) is 6.15. The molecule has 2 aromatic rings. The van der Waals surface area contributed by atoms with E-state index in [0.29, 0.717) is 30.8 Å². The van der Waals surface area contributed by atoms with Crippen LogP contribution in [0.15, 0.2) is 35.7 Å². The van der Waals surface area contributed by atoms with Gasteiger partial charge >= 0.3 is 6.03 Å². The van der Waals surface area contributed by atoms with Crippen molar-refractivity contribution in [2.24, 2.45) is 0 Å². The van der Waals surface area contributed by atoms with E-state index >= 15 is 0 Å². The van der Waals surface area contributed by atoms with Crippen molar-refractivity contribution >= 4 is 29.0 Å². The summed E-state index contributed by atoms with van der Waals surface area (Å²) < 4.78 is 26.5. The number of likely N-dealkylation sites (tertiary alicyclic amines) is 1. The molecule has 0 aliphatic carbocycles. The van der Waals surface area contributed by atoms with Crippen molar-refractivity contribution in [2.75, 3.05) is 18.4 Å². The van der Waals surface area contributed by atoms with Crippen molar-refractivity contribution in [3.63, 3.8) is 0 Å². The Balaban J connectivity index is 1.50. The van der Waals surface area contributed by atoms with E-state index in [4.69, 9.17) is 0 Å². The first-order chi connectivity index (χ1) is 12.0. The summed E-state index contributed by atoms with van der Waals surface area (Å²) in [5.41, 5.74) is -0.0560. The van der Waals surface area contributed by atoms with Crippen LogP contribution in [-0.2, 0) is 0 Å². The number of urea groups is 1. The average molecular weight is 365 g/mol. The lowest BCUT2D eigenvalue weighted by atomic mass is 10.1. The van der Waals surface area contributed by atoms with E-state index in [-0.39, 0.29) is 17.6 Å². The van der Waals surface area contributed by atoms with Gasteiger partial charge < -0.3 is 15.5 Å². The minimum Gasteiger partial charge on any atom is -0.348 e. The molecule has 1 fully saturated rings. The maximum atomic E-state index is 13.6. The molecule has 1 aromatic carbocycles. The number of nitrogens with one attached hydrogen (secondary N) is 2. The Hall–Kier alpha value is -2.48. The summed E-state index contributed by atoms with van der Waals surface area (Å²) in [5.74, 6) is -1.62. The maximum absolute atomic E-state index is 13.6. The third kappa shape index (κ3) is 4.33. The first-order valence-corrected chi connectivity index (χ1v) is 8.76. The molecule has 132 valence electrons. The number of rotatable bonds is 3. The molecule has 0 unspecified atom stereocenters. The molecule has 0 saturated carbocycles. The molecule has 3 amide bonds. The molecule has 1 aliphatic rings. The predicted molar refractivity (Wildman–Crippen MR) is 91.8 cm³/mol. The maximum Gasteiger partial charge on any atom is 0.321 e. The second-order valence-electron chi connectivity index (χ2n) is 5.77. The van der Waals surface area contributed by atoms with E-state index < -0.39 is 17.7 Å². The number of carbonyl (C=O) groups excluding carboxylic acids is 2. The molecule has 3 rings (SSSR count). The van der Waals surface area contributed by atoms with Crippen LogP contribution in [0, 0.1) is 11.6 Å². The molecule has 1 aromatic heterocycles. The average Bonchev–Trinajstić information content (AvgIpc) is 3.13. The van der Waals surface area contributed by atoms with Gasteiger partial charge in [-0.25, -0.2) is 13.6 Å². The van der Waals surface area contributed by atoms with Crippen molar-refractivity contribution in [1.29, 1.82) is 0 Å². The smallest absolute Gasteiger partial charge is 0.321 e. The zero-order valence-corrected chi connectivity index (χ0v) is 14.1. The Morgan fingerprint density at radius 1 is 1.16 bits per heavy atom. The zero-order valence-electron chi connectivity index (χ0n) is 13.3. The summed E-state index contributed by atoms with van der Waals surface area (Å²) in [6.45, 7) is 0.897. The fourth-order valence-electron chi connectivity index (χ4n) is 2.68. The number of halogens is 2. The molecule has 1 aliphatic heterocycles. The van der Waals surface area contributed by atoms with E-state index in [9.17, 15) is 18.4 Å². The molecule has 0 radical (unpaired) electrons. The van der Waals surface area contributed by atoms with Crippen LogP contribution in [0.1, 0.15) is 22.5 Å².